The number of nitrogens with one attached hydrogen (secondary N) is 1. The molecule has 1 fully saturated rings. The fourth-order valence-electron chi connectivity index (χ4n) is 3.06. The van der Waals surface area contributed by atoms with Crippen molar-refractivity contribution in [2.45, 2.75) is 68.3 Å². The number of piperidine rings is 1. The largest absolute Gasteiger partial charge is 0.324 e. The number of hydrogen-bond acceptors (Lipinski definition) is 5. The normalized spacial score (nSPS) is 21.0. The van der Waals surface area contributed by atoms with Gasteiger partial charge in [0.25, 0.3) is 5.91 Å². The van der Waals surface area contributed by atoms with E-state index in [0.29, 0.717) is 18.5 Å². The molecule has 1 unspecified atom stereocenters. The molecule has 0 radical (unpaired) electrons. The number of imide groups is 1. The van der Waals surface area contributed by atoms with Gasteiger partial charge in [-0.2, -0.15) is 0 Å². The minimum atomic E-state index is -0.593. The van der Waals surface area contributed by atoms with Gasteiger partial charge in [0.15, 0.2) is 0 Å². The van der Waals surface area contributed by atoms with E-state index in [2.05, 4.69) is 19.2 Å². The average molecular weight is 375 g/mol. The van der Waals surface area contributed by atoms with Crippen LogP contribution in [0.5, 0.6) is 0 Å². The van der Waals surface area contributed by atoms with Crippen molar-refractivity contribution >= 4 is 29.5 Å². The van der Waals surface area contributed by atoms with Crippen LogP contribution in [0.4, 0.5) is 0 Å². The quantitative estimate of drug-likeness (QED) is 0.621. The predicted octanol–water partition coefficient (Wildman–Crippen LogP) is 2.06. The second kappa shape index (κ2) is 6.39. The molecule has 6 nitrogen and oxygen atoms in total. The summed E-state index contributed by atoms with van der Waals surface area (Å²) in [7, 11) is 0. The van der Waals surface area contributed by atoms with Crippen LogP contribution in [0.1, 0.15) is 56.5 Å². The lowest BCUT2D eigenvalue weighted by atomic mass is 9.91. The zero-order valence-electron chi connectivity index (χ0n) is 15.6. The second-order valence-electron chi connectivity index (χ2n) is 8.02. The summed E-state index contributed by atoms with van der Waals surface area (Å²) in [5.74, 6) is -0.819. The van der Waals surface area contributed by atoms with Crippen LogP contribution in [0.25, 0.3) is 0 Å². The molecule has 1 atom stereocenters. The zero-order valence-corrected chi connectivity index (χ0v) is 16.4. The summed E-state index contributed by atoms with van der Waals surface area (Å²) in [5.41, 5.74) is 7.48. The molecular weight excluding hydrogens is 350 g/mol. The standard InChI is InChI=1S/C19H25N3O3S/c1-18(2,20)19(3,4)26-14-7-5-6-11-12(14)10-22(17(11)25)13-8-9-15(23)21-16(13)24/h5-7,13H,8-10,20H2,1-4H3,(H,21,23,24). The first-order valence-corrected chi connectivity index (χ1v) is 9.57. The number of thioether (sulfide) groups is 1. The molecule has 0 aliphatic carbocycles. The fourth-order valence-corrected chi connectivity index (χ4v) is 4.32. The Morgan fingerprint density at radius 1 is 1.19 bits per heavy atom. The van der Waals surface area contributed by atoms with Gasteiger partial charge in [0.2, 0.25) is 11.8 Å². The molecule has 3 rings (SSSR count). The Balaban J connectivity index is 1.89. The molecule has 0 spiro atoms. The van der Waals surface area contributed by atoms with E-state index in [4.69, 9.17) is 5.73 Å². The van der Waals surface area contributed by atoms with Crippen molar-refractivity contribution in [3.8, 4) is 0 Å². The van der Waals surface area contributed by atoms with Crippen LogP contribution in [0.2, 0.25) is 0 Å². The lowest BCUT2D eigenvalue weighted by molar-refractivity contribution is -0.136. The monoisotopic (exact) mass is 375 g/mol. The highest BCUT2D eigenvalue weighted by atomic mass is 32.2. The highest BCUT2D eigenvalue weighted by Gasteiger charge is 2.41. The molecular formula is C19H25N3O3S. The minimum Gasteiger partial charge on any atom is -0.324 e. The number of hydrogen-bond donors (Lipinski definition) is 2. The maximum absolute atomic E-state index is 12.9. The lowest BCUT2D eigenvalue weighted by Gasteiger charge is -2.38. The molecule has 0 saturated carbocycles. The van der Waals surface area contributed by atoms with E-state index >= 15 is 0 Å². The van der Waals surface area contributed by atoms with Crippen LogP contribution in [0, 0.1) is 0 Å². The molecule has 2 aliphatic rings. The van der Waals surface area contributed by atoms with Gasteiger partial charge < -0.3 is 10.6 Å². The van der Waals surface area contributed by atoms with Crippen molar-refractivity contribution in [2.24, 2.45) is 5.73 Å². The van der Waals surface area contributed by atoms with Crippen LogP contribution in [-0.4, -0.2) is 38.9 Å². The van der Waals surface area contributed by atoms with Crippen LogP contribution in [0.15, 0.2) is 23.1 Å². The highest BCUT2D eigenvalue weighted by molar-refractivity contribution is 8.00. The van der Waals surface area contributed by atoms with Gasteiger partial charge in [0.05, 0.1) is 0 Å². The summed E-state index contributed by atoms with van der Waals surface area (Å²) < 4.78 is -0.243. The maximum Gasteiger partial charge on any atom is 0.255 e. The van der Waals surface area contributed by atoms with E-state index in [1.54, 1.807) is 22.7 Å². The molecule has 2 heterocycles. The van der Waals surface area contributed by atoms with E-state index in [1.165, 1.54) is 0 Å². The topological polar surface area (TPSA) is 92.5 Å². The van der Waals surface area contributed by atoms with Crippen molar-refractivity contribution in [2.75, 3.05) is 0 Å². The Bertz CT molecular complexity index is 783. The highest BCUT2D eigenvalue weighted by Crippen LogP contribution is 2.43. The van der Waals surface area contributed by atoms with Gasteiger partial charge in [-0.25, -0.2) is 0 Å². The van der Waals surface area contributed by atoms with Crippen molar-refractivity contribution in [3.05, 3.63) is 29.3 Å². The van der Waals surface area contributed by atoms with Crippen molar-refractivity contribution < 1.29 is 14.4 Å². The first kappa shape index (κ1) is 18.9. The zero-order chi connectivity index (χ0) is 19.3. The van der Waals surface area contributed by atoms with Crippen LogP contribution < -0.4 is 11.1 Å². The van der Waals surface area contributed by atoms with Crippen LogP contribution in [0.3, 0.4) is 0 Å². The summed E-state index contributed by atoms with van der Waals surface area (Å²) in [5, 5.41) is 2.33. The second-order valence-corrected chi connectivity index (χ2v) is 9.68. The molecule has 140 valence electrons. The van der Waals surface area contributed by atoms with Crippen molar-refractivity contribution in [3.63, 3.8) is 0 Å². The Kier molecular flexibility index (Phi) is 4.65. The van der Waals surface area contributed by atoms with E-state index in [0.717, 1.165) is 10.5 Å². The summed E-state index contributed by atoms with van der Waals surface area (Å²) >= 11 is 1.65. The number of nitrogens with two attached hydrogens (primary N) is 1. The molecule has 0 aromatic heterocycles. The molecule has 0 bridgehead atoms. The van der Waals surface area contributed by atoms with Gasteiger partial charge in [0, 0.05) is 33.7 Å². The molecule has 26 heavy (non-hydrogen) atoms. The fraction of sp³-hybridized carbons (Fsp3) is 0.526. The van der Waals surface area contributed by atoms with E-state index in [9.17, 15) is 14.4 Å². The molecule has 3 amide bonds. The third-order valence-corrected chi connectivity index (χ3v) is 7.09. The SMILES string of the molecule is CC(C)(N)C(C)(C)Sc1cccc2c1CN(C1CCC(=O)NC1=O)C2=O. The number of nitrogens with zero attached hydrogens (tertiary/aromatic N) is 1. The van der Waals surface area contributed by atoms with Gasteiger partial charge in [-0.05, 0) is 51.8 Å². The summed E-state index contributed by atoms with van der Waals surface area (Å²) in [4.78, 5) is 39.0. The van der Waals surface area contributed by atoms with Crippen molar-refractivity contribution in [1.29, 1.82) is 0 Å². The van der Waals surface area contributed by atoms with Gasteiger partial charge in [0.1, 0.15) is 6.04 Å². The molecule has 3 N–H and O–H groups in total. The Morgan fingerprint density at radius 2 is 1.88 bits per heavy atom. The van der Waals surface area contributed by atoms with Crippen LogP contribution in [-0.2, 0) is 16.1 Å². The van der Waals surface area contributed by atoms with Gasteiger partial charge >= 0.3 is 0 Å². The van der Waals surface area contributed by atoms with Crippen molar-refractivity contribution in [1.82, 2.24) is 10.2 Å². The summed E-state index contributed by atoms with van der Waals surface area (Å²) in [6.07, 6.45) is 0.626. The molecule has 7 heteroatoms. The third kappa shape index (κ3) is 3.25. The molecule has 2 aliphatic heterocycles. The van der Waals surface area contributed by atoms with Gasteiger partial charge in [-0.3, -0.25) is 19.7 Å². The third-order valence-electron chi connectivity index (χ3n) is 5.46. The average Bonchev–Trinajstić information content (AvgIpc) is 2.84. The summed E-state index contributed by atoms with van der Waals surface area (Å²) in [6, 6.07) is 5.07. The Labute approximate surface area is 157 Å². The van der Waals surface area contributed by atoms with Gasteiger partial charge in [-0.1, -0.05) is 6.07 Å². The first-order chi connectivity index (χ1) is 12.0. The van der Waals surface area contributed by atoms with E-state index in [-0.39, 0.29) is 28.9 Å². The lowest BCUT2D eigenvalue weighted by Crippen LogP contribution is -2.52. The first-order valence-electron chi connectivity index (χ1n) is 8.76. The molecule has 1 aromatic rings. The number of carbonyl (C=O) groups is 3. The Hall–Kier alpha value is -1.86. The minimum absolute atomic E-state index is 0.151. The van der Waals surface area contributed by atoms with E-state index < -0.39 is 11.6 Å². The molecule has 1 aromatic carbocycles. The molecule has 1 saturated heterocycles. The van der Waals surface area contributed by atoms with Crippen LogP contribution >= 0.6 is 11.8 Å². The number of benzene rings is 1. The smallest absolute Gasteiger partial charge is 0.255 e. The number of fused-ring (bicyclic) bond motifs is 1. The van der Waals surface area contributed by atoms with Gasteiger partial charge in [-0.15, -0.1) is 11.8 Å². The predicted molar refractivity (Wildman–Crippen MR) is 101 cm³/mol. The number of carbonyl (C=O) groups excluding carboxylic acids is 3. The number of rotatable bonds is 4. The number of amides is 3. The van der Waals surface area contributed by atoms with E-state index in [1.807, 2.05) is 26.0 Å². The summed E-state index contributed by atoms with van der Waals surface area (Å²) in [6.45, 7) is 8.54. The Morgan fingerprint density at radius 3 is 2.50 bits per heavy atom. The maximum atomic E-state index is 12.9.